The first kappa shape index (κ1) is 9.69. The predicted octanol–water partition coefficient (Wildman–Crippen LogP) is 3.94. The Labute approximate surface area is 82.2 Å². The molecule has 0 unspecified atom stereocenters. The summed E-state index contributed by atoms with van der Waals surface area (Å²) in [6.07, 6.45) is 0.869. The molecule has 0 spiro atoms. The largest absolute Gasteiger partial charge is 0.484 e. The van der Waals surface area contributed by atoms with Crippen LogP contribution in [-0.2, 0) is 0 Å². The standard InChI is InChI=1S/C9H9Cl2O/c1-6(2)12-7-3-4-8(10)9(11)5-7/h3-5H,1-2H3. The van der Waals surface area contributed by atoms with Crippen LogP contribution < -0.4 is 4.74 Å². The second kappa shape index (κ2) is 4.01. The molecule has 1 radical (unpaired) electrons. The Morgan fingerprint density at radius 3 is 2.33 bits per heavy atom. The van der Waals surface area contributed by atoms with Crippen LogP contribution in [0.2, 0.25) is 10.0 Å². The Bertz CT molecular complexity index is 271. The molecule has 0 fully saturated rings. The number of benzene rings is 1. The summed E-state index contributed by atoms with van der Waals surface area (Å²) in [5.74, 6) is 0.712. The Kier molecular flexibility index (Phi) is 3.24. The van der Waals surface area contributed by atoms with Gasteiger partial charge >= 0.3 is 0 Å². The zero-order valence-electron chi connectivity index (χ0n) is 6.90. The Balaban J connectivity index is 2.82. The highest BCUT2D eigenvalue weighted by Gasteiger charge is 2.01. The van der Waals surface area contributed by atoms with E-state index in [1.54, 1.807) is 18.2 Å². The lowest BCUT2D eigenvalue weighted by molar-refractivity contribution is 0.345. The van der Waals surface area contributed by atoms with E-state index in [4.69, 9.17) is 27.9 Å². The van der Waals surface area contributed by atoms with E-state index >= 15 is 0 Å². The molecule has 1 aromatic carbocycles. The van der Waals surface area contributed by atoms with Crippen LogP contribution in [0.15, 0.2) is 18.2 Å². The molecule has 3 heteroatoms. The maximum atomic E-state index is 5.78. The third-order valence-corrected chi connectivity index (χ3v) is 1.95. The molecule has 0 saturated carbocycles. The molecule has 0 bridgehead atoms. The maximum absolute atomic E-state index is 5.78. The van der Waals surface area contributed by atoms with Crippen LogP contribution in [0.4, 0.5) is 0 Å². The molecule has 0 N–H and O–H groups in total. The third-order valence-electron chi connectivity index (χ3n) is 1.21. The van der Waals surface area contributed by atoms with Gasteiger partial charge in [-0.1, -0.05) is 23.2 Å². The van der Waals surface area contributed by atoms with Crippen LogP contribution >= 0.6 is 23.2 Å². The van der Waals surface area contributed by atoms with Crippen LogP contribution in [0.25, 0.3) is 0 Å². The summed E-state index contributed by atoms with van der Waals surface area (Å²) in [6, 6.07) is 5.18. The fraction of sp³-hybridized carbons (Fsp3) is 0.222. The summed E-state index contributed by atoms with van der Waals surface area (Å²) >= 11 is 11.5. The molecule has 12 heavy (non-hydrogen) atoms. The smallest absolute Gasteiger partial charge is 0.142 e. The van der Waals surface area contributed by atoms with E-state index < -0.39 is 0 Å². The summed E-state index contributed by atoms with van der Waals surface area (Å²) in [6.45, 7) is 3.75. The van der Waals surface area contributed by atoms with Gasteiger partial charge in [0.15, 0.2) is 0 Å². The van der Waals surface area contributed by atoms with Gasteiger partial charge in [-0.25, -0.2) is 0 Å². The molecule has 0 heterocycles. The summed E-state index contributed by atoms with van der Waals surface area (Å²) in [7, 11) is 0. The molecular formula is C9H9Cl2O. The van der Waals surface area contributed by atoms with Gasteiger partial charge in [0, 0.05) is 6.07 Å². The molecule has 1 rings (SSSR count). The summed E-state index contributed by atoms with van der Waals surface area (Å²) < 4.78 is 5.32. The van der Waals surface area contributed by atoms with Gasteiger partial charge in [-0.2, -0.15) is 0 Å². The minimum atomic E-state index is 0.510. The highest BCUT2D eigenvalue weighted by atomic mass is 35.5. The number of ether oxygens (including phenoxy) is 1. The lowest BCUT2D eigenvalue weighted by atomic mass is 10.3. The first-order chi connectivity index (χ1) is 5.59. The van der Waals surface area contributed by atoms with Crippen molar-refractivity contribution in [2.24, 2.45) is 0 Å². The van der Waals surface area contributed by atoms with Gasteiger partial charge in [0.1, 0.15) is 11.9 Å². The molecule has 65 valence electrons. The van der Waals surface area contributed by atoms with Crippen molar-refractivity contribution in [3.8, 4) is 5.75 Å². The molecule has 0 atom stereocenters. The number of hydrogen-bond donors (Lipinski definition) is 0. The van der Waals surface area contributed by atoms with Gasteiger partial charge in [-0.3, -0.25) is 0 Å². The Morgan fingerprint density at radius 1 is 1.17 bits per heavy atom. The monoisotopic (exact) mass is 203 g/mol. The van der Waals surface area contributed by atoms with Crippen molar-refractivity contribution in [2.75, 3.05) is 0 Å². The van der Waals surface area contributed by atoms with E-state index in [2.05, 4.69) is 0 Å². The number of halogens is 2. The van der Waals surface area contributed by atoms with E-state index in [-0.39, 0.29) is 0 Å². The molecule has 0 aliphatic heterocycles. The van der Waals surface area contributed by atoms with Gasteiger partial charge in [-0.15, -0.1) is 0 Å². The zero-order chi connectivity index (χ0) is 9.14. The van der Waals surface area contributed by atoms with Crippen LogP contribution in [0, 0.1) is 6.10 Å². The van der Waals surface area contributed by atoms with Crippen LogP contribution in [0.5, 0.6) is 5.75 Å². The second-order valence-electron chi connectivity index (χ2n) is 2.59. The van der Waals surface area contributed by atoms with Crippen LogP contribution in [0.1, 0.15) is 13.8 Å². The molecule has 0 amide bonds. The zero-order valence-corrected chi connectivity index (χ0v) is 8.41. The number of hydrogen-bond acceptors (Lipinski definition) is 1. The normalized spacial score (nSPS) is 10.4. The fourth-order valence-electron chi connectivity index (χ4n) is 0.776. The van der Waals surface area contributed by atoms with Crippen molar-refractivity contribution in [2.45, 2.75) is 13.8 Å². The van der Waals surface area contributed by atoms with E-state index in [1.807, 2.05) is 13.8 Å². The van der Waals surface area contributed by atoms with Crippen LogP contribution in [0.3, 0.4) is 0 Å². The first-order valence-corrected chi connectivity index (χ1v) is 4.28. The van der Waals surface area contributed by atoms with Crippen molar-refractivity contribution in [3.63, 3.8) is 0 Å². The van der Waals surface area contributed by atoms with Gasteiger partial charge in [0.2, 0.25) is 0 Å². The highest BCUT2D eigenvalue weighted by molar-refractivity contribution is 6.42. The summed E-state index contributed by atoms with van der Waals surface area (Å²) in [5.41, 5.74) is 0. The van der Waals surface area contributed by atoms with Crippen molar-refractivity contribution in [3.05, 3.63) is 34.3 Å². The molecule has 0 aliphatic rings. The van der Waals surface area contributed by atoms with Crippen molar-refractivity contribution in [1.29, 1.82) is 0 Å². The van der Waals surface area contributed by atoms with E-state index in [9.17, 15) is 0 Å². The molecule has 0 aliphatic carbocycles. The van der Waals surface area contributed by atoms with Crippen molar-refractivity contribution < 1.29 is 4.74 Å². The van der Waals surface area contributed by atoms with E-state index in [1.165, 1.54) is 0 Å². The first-order valence-electron chi connectivity index (χ1n) is 3.52. The van der Waals surface area contributed by atoms with E-state index in [0.717, 1.165) is 6.10 Å². The van der Waals surface area contributed by atoms with Crippen LogP contribution in [-0.4, -0.2) is 0 Å². The predicted molar refractivity (Wildman–Crippen MR) is 51.7 cm³/mol. The average molecular weight is 204 g/mol. The van der Waals surface area contributed by atoms with Gasteiger partial charge < -0.3 is 4.74 Å². The molecule has 0 saturated heterocycles. The summed E-state index contributed by atoms with van der Waals surface area (Å²) in [4.78, 5) is 0. The van der Waals surface area contributed by atoms with Gasteiger partial charge in [0.25, 0.3) is 0 Å². The average Bonchev–Trinajstić information content (AvgIpc) is 1.96. The van der Waals surface area contributed by atoms with Gasteiger partial charge in [-0.05, 0) is 26.0 Å². The Morgan fingerprint density at radius 2 is 1.83 bits per heavy atom. The second-order valence-corrected chi connectivity index (χ2v) is 3.40. The van der Waals surface area contributed by atoms with Gasteiger partial charge in [0.05, 0.1) is 10.0 Å². The lowest BCUT2D eigenvalue weighted by Gasteiger charge is -2.08. The minimum absolute atomic E-state index is 0.510. The topological polar surface area (TPSA) is 9.23 Å². The fourth-order valence-corrected chi connectivity index (χ4v) is 1.06. The van der Waals surface area contributed by atoms with Crippen molar-refractivity contribution >= 4 is 23.2 Å². The minimum Gasteiger partial charge on any atom is -0.484 e. The van der Waals surface area contributed by atoms with E-state index in [0.29, 0.717) is 15.8 Å². The highest BCUT2D eigenvalue weighted by Crippen LogP contribution is 2.27. The third kappa shape index (κ3) is 2.58. The molecule has 1 nitrogen and oxygen atoms in total. The quantitative estimate of drug-likeness (QED) is 0.708. The maximum Gasteiger partial charge on any atom is 0.142 e. The molecular weight excluding hydrogens is 195 g/mol. The lowest BCUT2D eigenvalue weighted by Crippen LogP contribution is -1.95. The molecule has 1 aromatic rings. The number of rotatable bonds is 2. The van der Waals surface area contributed by atoms with Crippen molar-refractivity contribution in [1.82, 2.24) is 0 Å². The Hall–Kier alpha value is -0.400. The summed E-state index contributed by atoms with van der Waals surface area (Å²) in [5, 5.41) is 1.05. The SMILES string of the molecule is C[C](C)Oc1ccc(Cl)c(Cl)c1. The molecule has 0 aromatic heterocycles.